The highest BCUT2D eigenvalue weighted by Gasteiger charge is 2.45. The number of aromatic nitrogens is 4. The molecule has 4 atom stereocenters. The van der Waals surface area contributed by atoms with Crippen LogP contribution < -0.4 is 19.6 Å². The highest BCUT2D eigenvalue weighted by atomic mass is 35.5. The first-order valence-corrected chi connectivity index (χ1v) is 36.8. The van der Waals surface area contributed by atoms with Crippen molar-refractivity contribution in [3.63, 3.8) is 0 Å². The highest BCUT2D eigenvalue weighted by Crippen LogP contribution is 2.42. The molecule has 8 aromatic rings. The maximum Gasteiger partial charge on any atom is 0.412 e. The van der Waals surface area contributed by atoms with E-state index in [2.05, 4.69) is 39.5 Å². The van der Waals surface area contributed by atoms with Crippen LogP contribution in [0.15, 0.2) is 170 Å². The summed E-state index contributed by atoms with van der Waals surface area (Å²) in [7, 11) is 8.09. The molecule has 110 heavy (non-hydrogen) atoms. The van der Waals surface area contributed by atoms with Crippen LogP contribution in [-0.2, 0) is 14.2 Å². The minimum Gasteiger partial charge on any atom is -0.420 e. The maximum absolute atomic E-state index is 12.9. The Labute approximate surface area is 661 Å². The average Bonchev–Trinajstić information content (AvgIpc) is 1.63. The van der Waals surface area contributed by atoms with Crippen LogP contribution >= 0.6 is 58.0 Å². The number of ether oxygens (including phenoxy) is 3. The fourth-order valence-corrected chi connectivity index (χ4v) is 13.5. The van der Waals surface area contributed by atoms with Crippen molar-refractivity contribution in [2.45, 2.75) is 32.3 Å². The molecule has 4 aromatic heterocycles. The number of piperazine rings is 4. The van der Waals surface area contributed by atoms with Crippen molar-refractivity contribution < 1.29 is 57.7 Å². The molecule has 16 rings (SSSR count). The zero-order chi connectivity index (χ0) is 77.2. The molecule has 0 bridgehead atoms. The quantitative estimate of drug-likeness (QED) is 0.0882. The molecular weight excluding hydrogens is 1520 g/mol. The molecule has 28 nitrogen and oxygen atoms in total. The lowest BCUT2D eigenvalue weighted by Gasteiger charge is -2.33. The van der Waals surface area contributed by atoms with Crippen LogP contribution in [0.5, 0.6) is 0 Å². The van der Waals surface area contributed by atoms with Gasteiger partial charge in [0.05, 0.1) is 20.1 Å². The van der Waals surface area contributed by atoms with Crippen LogP contribution in [0, 0.1) is 0 Å². The molecule has 4 aromatic carbocycles. The second-order valence-electron chi connectivity index (χ2n) is 26.4. The van der Waals surface area contributed by atoms with Crippen LogP contribution in [0.25, 0.3) is 0 Å². The van der Waals surface area contributed by atoms with Gasteiger partial charge in [0.15, 0.2) is 6.23 Å². The SMILES string of the molecule is C.CN1CCN(C(=O)Cl)CC1.CN1CCN(C(=O)OC2c3ccccc3C(=O)N2c2ccc(Cl)cn2)CC1.CN1CCN(C(=O)OC2c3ccccc3C(=O)N2c2ccc(Cl)cn2)CC1.CN1CCN(C(=O)O[C@H]2c3ccccc3C(=O)N2c2ccc(Cl)cn2)CC1.O=C1c2ccccc2C(O)N1c1ccc(Cl)cn1. The van der Waals surface area contributed by atoms with Gasteiger partial charge in [0.25, 0.3) is 23.6 Å². The smallest absolute Gasteiger partial charge is 0.412 e. The summed E-state index contributed by atoms with van der Waals surface area (Å²) in [6.45, 7) is 11.7. The van der Waals surface area contributed by atoms with Crippen LogP contribution in [0.2, 0.25) is 20.1 Å². The van der Waals surface area contributed by atoms with Gasteiger partial charge in [0.1, 0.15) is 23.3 Å². The summed E-state index contributed by atoms with van der Waals surface area (Å²) in [5.41, 5.74) is 4.58. The molecule has 0 saturated carbocycles. The fourth-order valence-electron chi connectivity index (χ4n) is 12.9. The second-order valence-corrected chi connectivity index (χ2v) is 28.5. The Kier molecular flexibility index (Phi) is 26.9. The lowest BCUT2D eigenvalue weighted by Crippen LogP contribution is -2.48. The summed E-state index contributed by atoms with van der Waals surface area (Å²) in [5, 5.41) is 11.7. The van der Waals surface area contributed by atoms with E-state index in [1.807, 2.05) is 46.4 Å². The number of pyridine rings is 4. The number of amides is 8. The van der Waals surface area contributed by atoms with Gasteiger partial charge in [-0.3, -0.25) is 43.6 Å². The molecule has 0 spiro atoms. The summed E-state index contributed by atoms with van der Waals surface area (Å²) in [5.74, 6) is 0.524. The number of fused-ring (bicyclic) bond motifs is 4. The standard InChI is InChI=1S/3C19H19ClN4O3.C13H9ClN2O2.C6H11ClN2O.CH4/c3*1-22-8-10-23(11-9-22)19(26)27-18-15-5-3-2-4-14(15)17(25)24(18)16-7-6-13(20)12-21-16;14-8-5-6-11(15-7-8)16-12(17)9-3-1-2-4-10(9)13(16)18;1-8-2-4-9(5-3-8)6(7)10;/h3*2-7,12,18H,8-11H2,1H3;1-7,12,17H;2-5H2,1H3;1H4/t18-;;;;;/m0...../s1. The van der Waals surface area contributed by atoms with Gasteiger partial charge in [0.2, 0.25) is 18.7 Å². The molecule has 8 aliphatic heterocycles. The van der Waals surface area contributed by atoms with Gasteiger partial charge in [-0.25, -0.2) is 34.3 Å². The number of carbonyl (C=O) groups excluding carboxylic acids is 8. The minimum atomic E-state index is -0.998. The lowest BCUT2D eigenvalue weighted by atomic mass is 10.1. The van der Waals surface area contributed by atoms with Gasteiger partial charge < -0.3 is 58.5 Å². The maximum atomic E-state index is 12.9. The summed E-state index contributed by atoms with van der Waals surface area (Å²) >= 11 is 28.8. The molecule has 8 aliphatic rings. The first-order valence-electron chi connectivity index (χ1n) is 34.9. The van der Waals surface area contributed by atoms with Crippen molar-refractivity contribution in [1.29, 1.82) is 0 Å². The number of hydrogen-bond donors (Lipinski definition) is 1. The number of likely N-dealkylation sites (N-methyl/N-ethyl adjacent to an activating group) is 4. The highest BCUT2D eigenvalue weighted by molar-refractivity contribution is 6.62. The first kappa shape index (κ1) is 80.9. The number of hydrogen-bond acceptors (Lipinski definition) is 20. The van der Waals surface area contributed by atoms with Gasteiger partial charge in [-0.05, 0) is 113 Å². The summed E-state index contributed by atoms with van der Waals surface area (Å²) < 4.78 is 17.3. The van der Waals surface area contributed by atoms with Crippen molar-refractivity contribution in [2.75, 3.05) is 153 Å². The van der Waals surface area contributed by atoms with Crippen molar-refractivity contribution in [3.8, 4) is 0 Å². The Morgan fingerprint density at radius 2 is 0.564 bits per heavy atom. The topological polar surface area (TPSA) is 275 Å². The number of aliphatic hydroxyl groups excluding tert-OH is 1. The number of carbonyl (C=O) groups is 8. The van der Waals surface area contributed by atoms with E-state index in [9.17, 15) is 43.5 Å². The second kappa shape index (κ2) is 36.6. The van der Waals surface area contributed by atoms with Crippen molar-refractivity contribution >= 4 is 129 Å². The summed E-state index contributed by atoms with van der Waals surface area (Å²) in [6, 6.07) is 41.5. The molecule has 4 saturated heterocycles. The van der Waals surface area contributed by atoms with E-state index in [4.69, 9.17) is 72.2 Å². The van der Waals surface area contributed by atoms with Crippen molar-refractivity contribution in [1.82, 2.24) is 59.1 Å². The monoisotopic (exact) mass is 1600 g/mol. The molecule has 576 valence electrons. The van der Waals surface area contributed by atoms with Crippen molar-refractivity contribution in [2.24, 2.45) is 0 Å². The molecule has 1 N–H and O–H groups in total. The lowest BCUT2D eigenvalue weighted by molar-refractivity contribution is 0.0478. The molecule has 4 fully saturated rings. The molecule has 33 heteroatoms. The minimum absolute atomic E-state index is 0. The third kappa shape index (κ3) is 18.7. The number of rotatable bonds is 7. The summed E-state index contributed by atoms with van der Waals surface area (Å²) in [4.78, 5) is 137. The van der Waals surface area contributed by atoms with E-state index >= 15 is 0 Å². The zero-order valence-corrected chi connectivity index (χ0v) is 63.6. The molecular formula is C77H81Cl5N16O12. The molecule has 3 unspecified atom stereocenters. The van der Waals surface area contributed by atoms with Crippen LogP contribution in [0.4, 0.5) is 42.4 Å². The van der Waals surface area contributed by atoms with Gasteiger partial charge in [0, 0.05) is 174 Å². The van der Waals surface area contributed by atoms with Crippen molar-refractivity contribution in [3.05, 3.63) is 235 Å². The van der Waals surface area contributed by atoms with Crippen LogP contribution in [0.1, 0.15) is 96.0 Å². The van der Waals surface area contributed by atoms with E-state index in [0.717, 1.165) is 65.4 Å². The Bertz CT molecular complexity index is 4260. The van der Waals surface area contributed by atoms with E-state index in [1.54, 1.807) is 147 Å². The van der Waals surface area contributed by atoms with E-state index in [0.29, 0.717) is 127 Å². The molecule has 0 radical (unpaired) electrons. The number of halogens is 5. The number of nitrogens with zero attached hydrogens (tertiary/aromatic N) is 16. The average molecular weight is 1600 g/mol. The van der Waals surface area contributed by atoms with E-state index in [1.165, 1.54) is 44.4 Å². The summed E-state index contributed by atoms with van der Waals surface area (Å²) in [6.07, 6.45) is 0.983. The third-order valence-corrected chi connectivity index (χ3v) is 20.3. The van der Waals surface area contributed by atoms with Gasteiger partial charge in [-0.2, -0.15) is 0 Å². The van der Waals surface area contributed by atoms with Crippen LogP contribution in [-0.4, -0.2) is 244 Å². The van der Waals surface area contributed by atoms with Gasteiger partial charge >= 0.3 is 23.6 Å². The Morgan fingerprint density at radius 3 is 0.809 bits per heavy atom. The number of anilines is 4. The molecule has 0 aliphatic carbocycles. The van der Waals surface area contributed by atoms with Crippen LogP contribution in [0.3, 0.4) is 0 Å². The predicted octanol–water partition coefficient (Wildman–Crippen LogP) is 11.9. The normalized spacial score (nSPS) is 19.5. The number of aliphatic hydroxyl groups is 1. The Hall–Kier alpha value is -10.1. The predicted molar refractivity (Wildman–Crippen MR) is 417 cm³/mol. The molecule has 12 heterocycles. The third-order valence-electron chi connectivity index (χ3n) is 19.2. The Morgan fingerprint density at radius 1 is 0.336 bits per heavy atom. The van der Waals surface area contributed by atoms with E-state index in [-0.39, 0.29) is 36.4 Å². The largest absolute Gasteiger partial charge is 0.420 e. The van der Waals surface area contributed by atoms with Gasteiger partial charge in [-0.1, -0.05) is 127 Å². The molecule has 8 amide bonds. The Balaban J connectivity index is 0.000000140. The number of benzene rings is 4. The van der Waals surface area contributed by atoms with Gasteiger partial charge in [-0.15, -0.1) is 0 Å². The zero-order valence-electron chi connectivity index (χ0n) is 59.8. The van der Waals surface area contributed by atoms with E-state index < -0.39 is 43.2 Å². The fraction of sp³-hybridized carbons (Fsp3) is 0.325. The first-order chi connectivity index (χ1) is 52.5.